The van der Waals surface area contributed by atoms with Gasteiger partial charge in [0.05, 0.1) is 25.1 Å². The number of nitrogens with zero attached hydrogens (tertiary/aromatic N) is 2. The van der Waals surface area contributed by atoms with Gasteiger partial charge in [-0.05, 0) is 32.4 Å². The minimum atomic E-state index is -3.52. The van der Waals surface area contributed by atoms with Crippen LogP contribution in [-0.2, 0) is 20.2 Å². The second-order valence-electron chi connectivity index (χ2n) is 4.92. The molecule has 0 fully saturated rings. The Bertz CT molecular complexity index is 712. The van der Waals surface area contributed by atoms with Crippen LogP contribution in [0.25, 0.3) is 0 Å². The van der Waals surface area contributed by atoms with Crippen molar-refractivity contribution in [2.45, 2.75) is 33.7 Å². The van der Waals surface area contributed by atoms with Crippen LogP contribution >= 0.6 is 7.60 Å². The van der Waals surface area contributed by atoms with Crippen molar-refractivity contribution in [1.82, 2.24) is 9.55 Å². The van der Waals surface area contributed by atoms with Crippen molar-refractivity contribution in [3.8, 4) is 0 Å². The number of hydrogen-bond acceptors (Lipinski definition) is 7. The summed E-state index contributed by atoms with van der Waals surface area (Å²) in [6.07, 6.45) is 1.62. The van der Waals surface area contributed by atoms with Gasteiger partial charge in [-0.3, -0.25) is 9.13 Å². The average Bonchev–Trinajstić information content (AvgIpc) is 2.50. The molecule has 0 aliphatic heterocycles. The van der Waals surface area contributed by atoms with Gasteiger partial charge in [0.2, 0.25) is 0 Å². The second-order valence-corrected chi connectivity index (χ2v) is 6.97. The van der Waals surface area contributed by atoms with Gasteiger partial charge in [-0.25, -0.2) is 4.79 Å². The Balaban J connectivity index is 3.26. The van der Waals surface area contributed by atoms with E-state index in [1.165, 1.54) is 16.8 Å². The quantitative estimate of drug-likeness (QED) is 0.512. The van der Waals surface area contributed by atoms with E-state index >= 15 is 0 Å². The van der Waals surface area contributed by atoms with Gasteiger partial charge in [-0.1, -0.05) is 0 Å². The number of nitrogens with two attached hydrogens (primary N) is 1. The smallest absolute Gasteiger partial charge is 0.365 e. The fourth-order valence-electron chi connectivity index (χ4n) is 2.01. The van der Waals surface area contributed by atoms with Gasteiger partial charge >= 0.3 is 13.3 Å². The van der Waals surface area contributed by atoms with Crippen molar-refractivity contribution < 1.29 is 18.7 Å². The monoisotopic (exact) mass is 357 g/mol. The molecule has 0 unspecified atom stereocenters. The Labute approximate surface area is 141 Å². The van der Waals surface area contributed by atoms with Gasteiger partial charge in [0.15, 0.2) is 0 Å². The van der Waals surface area contributed by atoms with Crippen molar-refractivity contribution in [3.05, 3.63) is 39.4 Å². The fourth-order valence-corrected chi connectivity index (χ4v) is 3.78. The maximum atomic E-state index is 12.8. The Morgan fingerprint density at radius 1 is 1.42 bits per heavy atom. The molecule has 0 spiro atoms. The average molecular weight is 357 g/mol. The summed E-state index contributed by atoms with van der Waals surface area (Å²) in [7, 11) is -3.52. The summed E-state index contributed by atoms with van der Waals surface area (Å²) >= 11 is 0. The Hall–Kier alpha value is -1.69. The number of aromatic nitrogens is 2. The highest BCUT2D eigenvalue weighted by Gasteiger charge is 2.29. The largest absolute Gasteiger partial charge is 0.396 e. The van der Waals surface area contributed by atoms with Gasteiger partial charge in [0, 0.05) is 19.2 Å². The second kappa shape index (κ2) is 9.57. The van der Waals surface area contributed by atoms with E-state index in [4.69, 9.17) is 14.8 Å². The molecule has 0 aliphatic carbocycles. The molecule has 0 atom stereocenters. The molecule has 0 aliphatic rings. The van der Waals surface area contributed by atoms with E-state index in [0.29, 0.717) is 5.57 Å². The highest BCUT2D eigenvalue weighted by Crippen LogP contribution is 2.56. The first-order valence-electron chi connectivity index (χ1n) is 7.65. The molecule has 1 rings (SSSR count). The van der Waals surface area contributed by atoms with Crippen LogP contribution in [0.2, 0.25) is 0 Å². The van der Waals surface area contributed by atoms with E-state index in [0.717, 1.165) is 0 Å². The van der Waals surface area contributed by atoms with Gasteiger partial charge in [0.1, 0.15) is 5.82 Å². The molecule has 0 bridgehead atoms. The maximum Gasteiger partial charge on any atom is 0.365 e. The molecule has 0 amide bonds. The molecule has 24 heavy (non-hydrogen) atoms. The number of nitrogen functional groups attached to an aromatic ring is 1. The Morgan fingerprint density at radius 2 is 2.04 bits per heavy atom. The van der Waals surface area contributed by atoms with E-state index in [1.54, 1.807) is 20.8 Å². The summed E-state index contributed by atoms with van der Waals surface area (Å²) in [6.45, 7) is 5.52. The van der Waals surface area contributed by atoms with Crippen LogP contribution < -0.4 is 11.4 Å². The van der Waals surface area contributed by atoms with E-state index in [-0.39, 0.29) is 43.9 Å². The zero-order valence-electron chi connectivity index (χ0n) is 14.2. The van der Waals surface area contributed by atoms with Crippen molar-refractivity contribution in [2.75, 3.05) is 25.6 Å². The van der Waals surface area contributed by atoms with E-state index in [2.05, 4.69) is 10.7 Å². The third kappa shape index (κ3) is 5.74. The number of aliphatic hydroxyl groups excluding tert-OH is 1. The summed E-state index contributed by atoms with van der Waals surface area (Å²) in [5.41, 5.74) is 8.54. The van der Waals surface area contributed by atoms with Gasteiger partial charge in [0.25, 0.3) is 0 Å². The summed E-state index contributed by atoms with van der Waals surface area (Å²) in [5.74, 6) is 0.145. The Morgan fingerprint density at radius 3 is 2.54 bits per heavy atom. The number of hydrogen-bond donors (Lipinski definition) is 2. The molecule has 1 aromatic heterocycles. The first-order chi connectivity index (χ1) is 11.4. The summed E-state index contributed by atoms with van der Waals surface area (Å²) in [5, 5.41) is 9.48. The Kier molecular flexibility index (Phi) is 8.11. The van der Waals surface area contributed by atoms with Gasteiger partial charge < -0.3 is 19.9 Å². The van der Waals surface area contributed by atoms with E-state index in [9.17, 15) is 14.5 Å². The predicted octanol–water partition coefficient (Wildman–Crippen LogP) is 1.90. The first kappa shape index (κ1) is 20.4. The third-order valence-corrected chi connectivity index (χ3v) is 5.13. The molecule has 1 aromatic rings. The van der Waals surface area contributed by atoms with Crippen molar-refractivity contribution in [2.24, 2.45) is 0 Å². The van der Waals surface area contributed by atoms with E-state index in [1.807, 2.05) is 0 Å². The molecular formula is C15H24N3O5P. The molecule has 3 N–H and O–H groups in total. The SMILES string of the molecule is CCOP(=O)(OCC)C(=C=C(C)Cn1ccc(N)nc1=O)CCO. The standard InChI is InChI=1S/C15H24N3O5P/c1-4-22-24(21,23-5-2)13(7-9-19)10-12(3)11-18-8-6-14(16)17-15(18)20/h6,8,19H,4-5,7,9,11H2,1-3H3,(H2,16,17,20). The first-order valence-corrected chi connectivity index (χ1v) is 9.19. The van der Waals surface area contributed by atoms with E-state index < -0.39 is 13.3 Å². The lowest BCUT2D eigenvalue weighted by atomic mass is 10.3. The van der Waals surface area contributed by atoms with Gasteiger partial charge in [-0.15, -0.1) is 5.73 Å². The van der Waals surface area contributed by atoms with Crippen LogP contribution in [0.5, 0.6) is 0 Å². The number of anilines is 1. The molecule has 134 valence electrons. The maximum absolute atomic E-state index is 12.8. The fraction of sp³-hybridized carbons (Fsp3) is 0.533. The normalized spacial score (nSPS) is 11.2. The van der Waals surface area contributed by atoms with Crippen molar-refractivity contribution >= 4 is 13.4 Å². The predicted molar refractivity (Wildman–Crippen MR) is 91.7 cm³/mol. The molecule has 0 saturated heterocycles. The number of aliphatic hydroxyl groups is 1. The van der Waals surface area contributed by atoms with Crippen LogP contribution in [-0.4, -0.2) is 34.5 Å². The lowest BCUT2D eigenvalue weighted by Crippen LogP contribution is -2.23. The minimum absolute atomic E-state index is 0.101. The third-order valence-electron chi connectivity index (χ3n) is 2.94. The zero-order valence-corrected chi connectivity index (χ0v) is 15.1. The lowest BCUT2D eigenvalue weighted by Gasteiger charge is -2.18. The lowest BCUT2D eigenvalue weighted by molar-refractivity contribution is 0.222. The molecule has 1 heterocycles. The zero-order chi connectivity index (χ0) is 18.2. The molecule has 9 heteroatoms. The van der Waals surface area contributed by atoms with Crippen LogP contribution in [0, 0.1) is 0 Å². The molecule has 0 radical (unpaired) electrons. The molecule has 0 aromatic carbocycles. The van der Waals surface area contributed by atoms with Crippen LogP contribution in [0.4, 0.5) is 5.82 Å². The summed E-state index contributed by atoms with van der Waals surface area (Å²) in [4.78, 5) is 15.4. The molecule has 0 saturated carbocycles. The molecular weight excluding hydrogens is 333 g/mol. The highest BCUT2D eigenvalue weighted by atomic mass is 31.2. The van der Waals surface area contributed by atoms with Crippen LogP contribution in [0.3, 0.4) is 0 Å². The summed E-state index contributed by atoms with van der Waals surface area (Å²) < 4.78 is 24.8. The highest BCUT2D eigenvalue weighted by molar-refractivity contribution is 7.58. The summed E-state index contributed by atoms with van der Waals surface area (Å²) in [6, 6.07) is 1.51. The minimum Gasteiger partial charge on any atom is -0.396 e. The van der Waals surface area contributed by atoms with Crippen LogP contribution in [0.1, 0.15) is 27.2 Å². The van der Waals surface area contributed by atoms with Crippen LogP contribution in [0.15, 0.2) is 33.7 Å². The van der Waals surface area contributed by atoms with Crippen molar-refractivity contribution in [1.29, 1.82) is 0 Å². The van der Waals surface area contributed by atoms with Gasteiger partial charge in [-0.2, -0.15) is 4.98 Å². The topological polar surface area (TPSA) is 117 Å². The number of rotatable bonds is 9. The van der Waals surface area contributed by atoms with Crippen molar-refractivity contribution in [3.63, 3.8) is 0 Å². The molecule has 8 nitrogen and oxygen atoms in total.